The van der Waals surface area contributed by atoms with E-state index in [9.17, 15) is 0 Å². The highest BCUT2D eigenvalue weighted by Crippen LogP contribution is 2.13. The summed E-state index contributed by atoms with van der Waals surface area (Å²) in [4.78, 5) is 5.47. The molecule has 0 aliphatic carbocycles. The first-order valence-corrected chi connectivity index (χ1v) is 5.69. The molecule has 0 saturated carbocycles. The Labute approximate surface area is 103 Å². The van der Waals surface area contributed by atoms with Crippen molar-refractivity contribution in [1.29, 1.82) is 0 Å². The number of hydroxylamine groups is 1. The van der Waals surface area contributed by atoms with Crippen LogP contribution in [0.4, 0.5) is 0 Å². The van der Waals surface area contributed by atoms with Gasteiger partial charge < -0.3 is 10.0 Å². The van der Waals surface area contributed by atoms with Crippen LogP contribution in [0.15, 0.2) is 24.3 Å². The first kappa shape index (κ1) is 14.2. The maximum atomic E-state index is 8.98. The van der Waals surface area contributed by atoms with Gasteiger partial charge in [0.05, 0.1) is 11.6 Å². The normalized spacial score (nSPS) is 13.5. The van der Waals surface area contributed by atoms with Crippen molar-refractivity contribution in [2.45, 2.75) is 39.3 Å². The minimum Gasteiger partial charge on any atom is -0.423 e. The highest BCUT2D eigenvalue weighted by molar-refractivity contribution is 6.58. The van der Waals surface area contributed by atoms with Gasteiger partial charge in [-0.1, -0.05) is 24.3 Å². The van der Waals surface area contributed by atoms with Crippen molar-refractivity contribution in [2.75, 3.05) is 0 Å². The molecule has 3 N–H and O–H groups in total. The van der Waals surface area contributed by atoms with E-state index in [-0.39, 0.29) is 11.6 Å². The number of nitrogens with one attached hydrogen (secondary N) is 1. The molecule has 0 bridgehead atoms. The van der Waals surface area contributed by atoms with Crippen LogP contribution in [0, 0.1) is 0 Å². The fraction of sp³-hybridized carbons (Fsp3) is 0.500. The maximum absolute atomic E-state index is 8.98. The summed E-state index contributed by atoms with van der Waals surface area (Å²) in [6, 6.07) is 7.11. The SMILES string of the molecule is C[C@@H](NOC(C)(C)C)c1ccc(B(O)O)cc1. The maximum Gasteiger partial charge on any atom is 0.488 e. The van der Waals surface area contributed by atoms with Gasteiger partial charge in [0, 0.05) is 0 Å². The van der Waals surface area contributed by atoms with Crippen molar-refractivity contribution in [3.63, 3.8) is 0 Å². The highest BCUT2D eigenvalue weighted by atomic mass is 16.7. The van der Waals surface area contributed by atoms with Crippen molar-refractivity contribution in [3.8, 4) is 0 Å². The molecule has 17 heavy (non-hydrogen) atoms. The van der Waals surface area contributed by atoms with E-state index in [4.69, 9.17) is 14.9 Å². The van der Waals surface area contributed by atoms with Crippen molar-refractivity contribution in [3.05, 3.63) is 29.8 Å². The number of hydrogen-bond acceptors (Lipinski definition) is 4. The first-order valence-electron chi connectivity index (χ1n) is 5.69. The zero-order valence-electron chi connectivity index (χ0n) is 10.8. The van der Waals surface area contributed by atoms with Crippen LogP contribution >= 0.6 is 0 Å². The molecule has 0 aromatic heterocycles. The van der Waals surface area contributed by atoms with E-state index in [0.29, 0.717) is 5.46 Å². The van der Waals surface area contributed by atoms with Crippen LogP contribution in [0.5, 0.6) is 0 Å². The van der Waals surface area contributed by atoms with Gasteiger partial charge in [-0.2, -0.15) is 5.48 Å². The second-order valence-electron chi connectivity index (χ2n) is 5.09. The fourth-order valence-corrected chi connectivity index (χ4v) is 1.29. The van der Waals surface area contributed by atoms with Gasteiger partial charge in [-0.3, -0.25) is 4.84 Å². The van der Waals surface area contributed by atoms with E-state index in [1.165, 1.54) is 0 Å². The van der Waals surface area contributed by atoms with E-state index in [1.54, 1.807) is 12.1 Å². The summed E-state index contributed by atoms with van der Waals surface area (Å²) in [5.74, 6) is 0. The average Bonchev–Trinajstić information content (AvgIpc) is 2.25. The number of hydrogen-bond donors (Lipinski definition) is 3. The molecule has 0 heterocycles. The van der Waals surface area contributed by atoms with Crippen LogP contribution in [-0.2, 0) is 4.84 Å². The predicted octanol–water partition coefficient (Wildman–Crippen LogP) is 0.747. The van der Waals surface area contributed by atoms with Gasteiger partial charge in [0.1, 0.15) is 0 Å². The van der Waals surface area contributed by atoms with E-state index in [1.807, 2.05) is 39.8 Å². The Balaban J connectivity index is 2.60. The zero-order chi connectivity index (χ0) is 13.1. The highest BCUT2D eigenvalue weighted by Gasteiger charge is 2.14. The zero-order valence-corrected chi connectivity index (χ0v) is 10.8. The molecule has 1 aromatic rings. The van der Waals surface area contributed by atoms with E-state index in [0.717, 1.165) is 5.56 Å². The Kier molecular flexibility index (Phi) is 4.71. The molecule has 94 valence electrons. The molecule has 0 fully saturated rings. The molecule has 1 atom stereocenters. The molecular weight excluding hydrogens is 217 g/mol. The summed E-state index contributed by atoms with van der Waals surface area (Å²) in [6.45, 7) is 7.89. The third-order valence-corrected chi connectivity index (χ3v) is 2.28. The third-order valence-electron chi connectivity index (χ3n) is 2.28. The molecule has 0 aliphatic heterocycles. The average molecular weight is 237 g/mol. The topological polar surface area (TPSA) is 61.7 Å². The Morgan fingerprint density at radius 2 is 1.71 bits per heavy atom. The lowest BCUT2D eigenvalue weighted by atomic mass is 9.80. The van der Waals surface area contributed by atoms with Crippen LogP contribution < -0.4 is 10.9 Å². The standard InChI is InChI=1S/C12H20BNO3/c1-9(14-17-12(2,3)4)10-5-7-11(8-6-10)13(15)16/h5-9,14-16H,1-4H3/t9-/m1/s1. The lowest BCUT2D eigenvalue weighted by Gasteiger charge is -2.23. The van der Waals surface area contributed by atoms with Crippen molar-refractivity contribution in [2.24, 2.45) is 0 Å². The largest absolute Gasteiger partial charge is 0.488 e. The Bertz CT molecular complexity index is 346. The minimum absolute atomic E-state index is 0.0408. The van der Waals surface area contributed by atoms with Gasteiger partial charge in [0.2, 0.25) is 0 Å². The summed E-state index contributed by atoms with van der Waals surface area (Å²) in [6.07, 6.45) is 0. The lowest BCUT2D eigenvalue weighted by molar-refractivity contribution is -0.0866. The quantitative estimate of drug-likeness (QED) is 0.534. The number of rotatable bonds is 4. The second-order valence-corrected chi connectivity index (χ2v) is 5.09. The summed E-state index contributed by atoms with van der Waals surface area (Å²) in [5.41, 5.74) is 4.23. The molecule has 1 aromatic carbocycles. The van der Waals surface area contributed by atoms with E-state index < -0.39 is 7.12 Å². The van der Waals surface area contributed by atoms with Gasteiger partial charge in [-0.15, -0.1) is 0 Å². The fourth-order valence-electron chi connectivity index (χ4n) is 1.29. The van der Waals surface area contributed by atoms with Gasteiger partial charge >= 0.3 is 7.12 Å². The van der Waals surface area contributed by atoms with Crippen molar-refractivity contribution >= 4 is 12.6 Å². The lowest BCUT2D eigenvalue weighted by Crippen LogP contribution is -2.32. The molecule has 0 spiro atoms. The van der Waals surface area contributed by atoms with Gasteiger partial charge in [0.25, 0.3) is 0 Å². The summed E-state index contributed by atoms with van der Waals surface area (Å²) in [5, 5.41) is 18.0. The molecule has 0 saturated heterocycles. The molecule has 4 nitrogen and oxygen atoms in total. The monoisotopic (exact) mass is 237 g/mol. The molecule has 0 radical (unpaired) electrons. The number of benzene rings is 1. The predicted molar refractivity (Wildman–Crippen MR) is 68.7 cm³/mol. The molecule has 5 heteroatoms. The van der Waals surface area contributed by atoms with E-state index >= 15 is 0 Å². The molecule has 1 rings (SSSR count). The van der Waals surface area contributed by atoms with Crippen LogP contribution in [0.25, 0.3) is 0 Å². The molecule has 0 amide bonds. The van der Waals surface area contributed by atoms with Crippen LogP contribution in [0.2, 0.25) is 0 Å². The molecule has 0 aliphatic rings. The van der Waals surface area contributed by atoms with E-state index in [2.05, 4.69) is 5.48 Å². The Hall–Kier alpha value is -0.875. The third kappa shape index (κ3) is 4.87. The summed E-state index contributed by atoms with van der Waals surface area (Å²) < 4.78 is 0. The van der Waals surface area contributed by atoms with Gasteiger partial charge in [-0.25, -0.2) is 0 Å². The Morgan fingerprint density at radius 3 is 2.12 bits per heavy atom. The summed E-state index contributed by atoms with van der Waals surface area (Å²) >= 11 is 0. The summed E-state index contributed by atoms with van der Waals surface area (Å²) in [7, 11) is -1.42. The second kappa shape index (κ2) is 5.64. The van der Waals surface area contributed by atoms with Crippen molar-refractivity contribution < 1.29 is 14.9 Å². The van der Waals surface area contributed by atoms with Crippen LogP contribution in [-0.4, -0.2) is 22.8 Å². The first-order chi connectivity index (χ1) is 7.79. The van der Waals surface area contributed by atoms with Crippen LogP contribution in [0.1, 0.15) is 39.3 Å². The smallest absolute Gasteiger partial charge is 0.423 e. The molecular formula is C12H20BNO3. The van der Waals surface area contributed by atoms with Gasteiger partial charge in [0.15, 0.2) is 0 Å². The van der Waals surface area contributed by atoms with Gasteiger partial charge in [-0.05, 0) is 38.7 Å². The minimum atomic E-state index is -1.42. The van der Waals surface area contributed by atoms with Crippen molar-refractivity contribution in [1.82, 2.24) is 5.48 Å². The molecule has 0 unspecified atom stereocenters. The Morgan fingerprint density at radius 1 is 1.18 bits per heavy atom. The van der Waals surface area contributed by atoms with Crippen LogP contribution in [0.3, 0.4) is 0 Å².